The maximum atomic E-state index is 12.9. The largest absolute Gasteiger partial charge is 0.377 e. The molecule has 0 spiro atoms. The van der Waals surface area contributed by atoms with E-state index in [1.165, 1.54) is 6.20 Å². The van der Waals surface area contributed by atoms with E-state index >= 15 is 0 Å². The Morgan fingerprint density at radius 3 is 2.83 bits per heavy atom. The summed E-state index contributed by atoms with van der Waals surface area (Å²) in [6, 6.07) is 7.56. The third-order valence-corrected chi connectivity index (χ3v) is 6.61. The first-order valence-corrected chi connectivity index (χ1v) is 11.6. The number of benzene rings is 1. The van der Waals surface area contributed by atoms with Crippen LogP contribution >= 0.6 is 0 Å². The Labute approximate surface area is 206 Å². The summed E-state index contributed by atoms with van der Waals surface area (Å²) < 4.78 is 29.6. The Hall–Kier alpha value is -3.92. The molecule has 35 heavy (non-hydrogen) atoms. The van der Waals surface area contributed by atoms with Gasteiger partial charge in [-0.25, -0.2) is 4.98 Å². The molecule has 2 amide bonds. The lowest BCUT2D eigenvalue weighted by molar-refractivity contribution is -0.117. The number of hydrogen-bond donors (Lipinski definition) is 3. The summed E-state index contributed by atoms with van der Waals surface area (Å²) in [5.74, 6) is -0.680. The van der Waals surface area contributed by atoms with E-state index in [-0.39, 0.29) is 29.2 Å². The van der Waals surface area contributed by atoms with Crippen LogP contribution in [0.4, 0.5) is 22.9 Å². The van der Waals surface area contributed by atoms with Crippen LogP contribution in [-0.4, -0.2) is 53.8 Å². The molecule has 10 heteroatoms. The third-order valence-electron chi connectivity index (χ3n) is 6.61. The smallest absolute Gasteiger partial charge is 0.254 e. The predicted octanol–water partition coefficient (Wildman–Crippen LogP) is 2.92. The number of aromatic nitrogens is 3. The van der Waals surface area contributed by atoms with Gasteiger partial charge in [0.25, 0.3) is 5.91 Å². The van der Waals surface area contributed by atoms with Crippen LogP contribution < -0.4 is 20.9 Å². The van der Waals surface area contributed by atoms with Crippen molar-refractivity contribution in [2.24, 2.45) is 5.92 Å². The van der Waals surface area contributed by atoms with Gasteiger partial charge < -0.3 is 25.6 Å². The summed E-state index contributed by atoms with van der Waals surface area (Å²) in [5, 5.41) is 13.0. The number of carbonyl (C=O) groups excluding carboxylic acids is 2. The number of ether oxygens (including phenoxy) is 1. The maximum Gasteiger partial charge on any atom is 0.254 e. The summed E-state index contributed by atoms with van der Waals surface area (Å²) in [4.78, 5) is 31.5. The minimum Gasteiger partial charge on any atom is -0.377 e. The van der Waals surface area contributed by atoms with Gasteiger partial charge in [-0.05, 0) is 18.9 Å². The van der Waals surface area contributed by atoms with E-state index in [9.17, 15) is 9.59 Å². The molecule has 0 bridgehead atoms. The van der Waals surface area contributed by atoms with Gasteiger partial charge in [0.05, 0.1) is 47.6 Å². The Morgan fingerprint density at radius 2 is 2.09 bits per heavy atom. The van der Waals surface area contributed by atoms with Crippen molar-refractivity contribution in [1.82, 2.24) is 20.1 Å². The first-order valence-electron chi connectivity index (χ1n) is 13.1. The molecule has 1 saturated heterocycles. The van der Waals surface area contributed by atoms with Crippen LogP contribution in [0.5, 0.6) is 0 Å². The van der Waals surface area contributed by atoms with Crippen molar-refractivity contribution in [3.05, 3.63) is 47.8 Å². The SMILES string of the molecule is [2H]C([2H])([2H])NC(=O)c1cnc(NC(=O)C2CC2)cc1Nc1cccc2c1N(C)Cc1cn(C3COC3)nc1-2. The third kappa shape index (κ3) is 3.89. The van der Waals surface area contributed by atoms with E-state index in [2.05, 4.69) is 26.7 Å². The van der Waals surface area contributed by atoms with Gasteiger partial charge >= 0.3 is 0 Å². The predicted molar refractivity (Wildman–Crippen MR) is 132 cm³/mol. The second-order valence-electron chi connectivity index (χ2n) is 9.19. The zero-order valence-electron chi connectivity index (χ0n) is 22.2. The fourth-order valence-corrected chi connectivity index (χ4v) is 4.51. The number of rotatable bonds is 6. The molecule has 6 rings (SSSR count). The van der Waals surface area contributed by atoms with Gasteiger partial charge in [0, 0.05) is 60.2 Å². The number of fused-ring (bicyclic) bond motifs is 3. The van der Waals surface area contributed by atoms with E-state index in [4.69, 9.17) is 13.9 Å². The van der Waals surface area contributed by atoms with Gasteiger partial charge in [-0.2, -0.15) is 5.10 Å². The van der Waals surface area contributed by atoms with E-state index < -0.39 is 12.9 Å². The molecule has 3 aliphatic rings. The highest BCUT2D eigenvalue weighted by Gasteiger charge is 2.31. The summed E-state index contributed by atoms with van der Waals surface area (Å²) in [5.41, 5.74) is 4.87. The van der Waals surface area contributed by atoms with Gasteiger partial charge in [-0.15, -0.1) is 0 Å². The Kier molecular flexibility index (Phi) is 4.41. The quantitative estimate of drug-likeness (QED) is 0.501. The molecule has 2 fully saturated rings. The molecule has 1 aromatic carbocycles. The molecular weight excluding hydrogens is 446 g/mol. The lowest BCUT2D eigenvalue weighted by atomic mass is 9.99. The van der Waals surface area contributed by atoms with Crippen molar-refractivity contribution < 1.29 is 18.4 Å². The van der Waals surface area contributed by atoms with Crippen molar-refractivity contribution in [1.29, 1.82) is 0 Å². The van der Waals surface area contributed by atoms with Crippen LogP contribution in [0, 0.1) is 5.92 Å². The van der Waals surface area contributed by atoms with Crippen LogP contribution in [-0.2, 0) is 16.1 Å². The van der Waals surface area contributed by atoms with Crippen LogP contribution in [0.3, 0.4) is 0 Å². The number of anilines is 4. The maximum absolute atomic E-state index is 12.9. The average Bonchev–Trinajstić information content (AvgIpc) is 3.58. The van der Waals surface area contributed by atoms with Crippen LogP contribution in [0.25, 0.3) is 11.3 Å². The molecule has 10 nitrogen and oxygen atoms in total. The summed E-state index contributed by atoms with van der Waals surface area (Å²) in [6.07, 6.45) is 5.01. The molecule has 3 N–H and O–H groups in total. The molecule has 0 unspecified atom stereocenters. The molecule has 2 aliphatic heterocycles. The lowest BCUT2D eigenvalue weighted by Crippen LogP contribution is -2.30. The topological polar surface area (TPSA) is 113 Å². The number of hydrogen-bond acceptors (Lipinski definition) is 7. The number of pyridine rings is 1. The van der Waals surface area contributed by atoms with Crippen molar-refractivity contribution in [3.8, 4) is 11.3 Å². The molecular formula is C25H27N7O3. The van der Waals surface area contributed by atoms with Gasteiger partial charge in [-0.3, -0.25) is 14.3 Å². The van der Waals surface area contributed by atoms with E-state index in [0.29, 0.717) is 31.1 Å². The summed E-state index contributed by atoms with van der Waals surface area (Å²) >= 11 is 0. The van der Waals surface area contributed by atoms with Crippen LogP contribution in [0.15, 0.2) is 36.7 Å². The monoisotopic (exact) mass is 476 g/mol. The minimum atomic E-state index is -2.67. The number of carbonyl (C=O) groups is 2. The molecule has 0 radical (unpaired) electrons. The highest BCUT2D eigenvalue weighted by Crippen LogP contribution is 2.44. The molecule has 1 aliphatic carbocycles. The Morgan fingerprint density at radius 1 is 1.23 bits per heavy atom. The standard InChI is InChI=1S/C25H27N7O3/c1-26-25(34)18-9-27-21(29-24(33)14-6-7-14)8-20(18)28-19-5-3-4-17-22-15(10-31(2)23(17)19)11-32(30-22)16-12-35-13-16/h3-5,8-9,11,14,16H,6-7,10,12-13H2,1-2H3,(H,26,34)(H2,27,28,29,33)/i1D3. The first kappa shape index (κ1) is 18.4. The van der Waals surface area contributed by atoms with Crippen molar-refractivity contribution in [3.63, 3.8) is 0 Å². The Balaban J connectivity index is 1.37. The van der Waals surface area contributed by atoms with Gasteiger partial charge in [0.1, 0.15) is 5.82 Å². The fraction of sp³-hybridized carbons (Fsp3) is 0.360. The Bertz CT molecular complexity index is 1430. The van der Waals surface area contributed by atoms with Crippen LogP contribution in [0.2, 0.25) is 0 Å². The zero-order valence-corrected chi connectivity index (χ0v) is 19.2. The fourth-order valence-electron chi connectivity index (χ4n) is 4.51. The number of nitrogens with zero attached hydrogens (tertiary/aromatic N) is 4. The molecule has 4 heterocycles. The second-order valence-corrected chi connectivity index (χ2v) is 9.19. The molecule has 0 atom stereocenters. The van der Waals surface area contributed by atoms with Crippen molar-refractivity contribution in [2.45, 2.75) is 25.4 Å². The highest BCUT2D eigenvalue weighted by molar-refractivity contribution is 6.02. The molecule has 1 saturated carbocycles. The number of amides is 2. The number of nitrogens with one attached hydrogen (secondary N) is 3. The van der Waals surface area contributed by atoms with Gasteiger partial charge in [0.2, 0.25) is 5.91 Å². The highest BCUT2D eigenvalue weighted by atomic mass is 16.5. The normalized spacial score (nSPS) is 18.3. The van der Waals surface area contributed by atoms with E-state index in [1.54, 1.807) is 6.07 Å². The average molecular weight is 477 g/mol. The minimum absolute atomic E-state index is 0.0259. The number of para-hydroxylation sites is 1. The molecule has 180 valence electrons. The van der Waals surface area contributed by atoms with Crippen molar-refractivity contribution in [2.75, 3.05) is 42.8 Å². The van der Waals surface area contributed by atoms with Gasteiger partial charge in [0.15, 0.2) is 0 Å². The summed E-state index contributed by atoms with van der Waals surface area (Å²) in [7, 11) is 1.98. The zero-order chi connectivity index (χ0) is 26.6. The van der Waals surface area contributed by atoms with Crippen molar-refractivity contribution >= 4 is 34.7 Å². The lowest BCUT2D eigenvalue weighted by Gasteiger charge is -2.29. The molecule has 2 aromatic heterocycles. The second kappa shape index (κ2) is 8.38. The van der Waals surface area contributed by atoms with E-state index in [1.807, 2.05) is 35.2 Å². The first-order chi connectivity index (χ1) is 18.2. The molecule has 3 aromatic rings. The van der Waals surface area contributed by atoms with E-state index in [0.717, 1.165) is 35.3 Å². The van der Waals surface area contributed by atoms with Gasteiger partial charge in [-0.1, -0.05) is 12.1 Å². The summed E-state index contributed by atoms with van der Waals surface area (Å²) in [6.45, 7) is -0.735. The van der Waals surface area contributed by atoms with Crippen LogP contribution in [0.1, 0.15) is 38.9 Å².